The second-order valence-electron chi connectivity index (χ2n) is 4.18. The molecule has 6 nitrogen and oxygen atoms in total. The Kier molecular flexibility index (Phi) is 2.75. The summed E-state index contributed by atoms with van der Waals surface area (Å²) in [6.45, 7) is 2.13. The van der Waals surface area contributed by atoms with Gasteiger partial charge in [0.05, 0.1) is 6.54 Å². The molecule has 0 aliphatic carbocycles. The predicted octanol–water partition coefficient (Wildman–Crippen LogP) is 1.83. The molecule has 2 N–H and O–H groups in total. The Morgan fingerprint density at radius 1 is 1.37 bits per heavy atom. The number of aromatic nitrogens is 3. The fraction of sp³-hybridized carbons (Fsp3) is 0.154. The molecule has 6 heteroatoms. The number of aromatic amines is 1. The molecule has 0 saturated carbocycles. The van der Waals surface area contributed by atoms with Crippen molar-refractivity contribution >= 4 is 16.6 Å². The van der Waals surface area contributed by atoms with Crippen molar-refractivity contribution in [3.8, 4) is 0 Å². The van der Waals surface area contributed by atoms with E-state index in [1.807, 2.05) is 24.3 Å². The van der Waals surface area contributed by atoms with Gasteiger partial charge in [-0.25, -0.2) is 0 Å². The van der Waals surface area contributed by atoms with Gasteiger partial charge in [0.15, 0.2) is 5.82 Å². The van der Waals surface area contributed by atoms with Crippen LogP contribution in [0.4, 0.5) is 5.82 Å². The molecule has 3 aromatic rings. The number of anilines is 1. The number of nitrogens with zero attached hydrogens (tertiary/aromatic N) is 2. The summed E-state index contributed by atoms with van der Waals surface area (Å²) in [7, 11) is 0. The van der Waals surface area contributed by atoms with E-state index in [1.165, 1.54) is 0 Å². The summed E-state index contributed by atoms with van der Waals surface area (Å²) >= 11 is 0. The Bertz CT molecular complexity index is 775. The van der Waals surface area contributed by atoms with Crippen LogP contribution >= 0.6 is 0 Å². The Hall–Kier alpha value is -2.63. The van der Waals surface area contributed by atoms with E-state index in [2.05, 4.69) is 20.4 Å². The quantitative estimate of drug-likeness (QED) is 0.747. The van der Waals surface area contributed by atoms with E-state index < -0.39 is 0 Å². The van der Waals surface area contributed by atoms with Gasteiger partial charge < -0.3 is 14.8 Å². The van der Waals surface area contributed by atoms with Crippen LogP contribution in [0.3, 0.4) is 0 Å². The Morgan fingerprint density at radius 2 is 2.21 bits per heavy atom. The lowest BCUT2D eigenvalue weighted by atomic mass is 10.2. The highest BCUT2D eigenvalue weighted by atomic mass is 16.5. The van der Waals surface area contributed by atoms with Crippen LogP contribution in [0.1, 0.15) is 11.7 Å². The van der Waals surface area contributed by atoms with Crippen LogP contribution in [0, 0.1) is 6.92 Å². The predicted molar refractivity (Wildman–Crippen MR) is 70.9 cm³/mol. The maximum atomic E-state index is 11.9. The highest BCUT2D eigenvalue weighted by Crippen LogP contribution is 2.13. The molecule has 19 heavy (non-hydrogen) atoms. The summed E-state index contributed by atoms with van der Waals surface area (Å²) in [6, 6.07) is 9.30. The molecule has 2 heterocycles. The average Bonchev–Trinajstić information content (AvgIpc) is 2.82. The van der Waals surface area contributed by atoms with Crippen LogP contribution in [0.5, 0.6) is 0 Å². The minimum atomic E-state index is -0.120. The van der Waals surface area contributed by atoms with Crippen LogP contribution in [-0.4, -0.2) is 15.1 Å². The number of H-pyrrole nitrogens is 1. The molecule has 1 aromatic carbocycles. The summed E-state index contributed by atoms with van der Waals surface area (Å²) < 4.78 is 4.87. The van der Waals surface area contributed by atoms with Crippen LogP contribution in [0.2, 0.25) is 0 Å². The highest BCUT2D eigenvalue weighted by Gasteiger charge is 2.04. The number of pyridine rings is 1. The van der Waals surface area contributed by atoms with Gasteiger partial charge in [-0.15, -0.1) is 0 Å². The number of hydrogen-bond acceptors (Lipinski definition) is 5. The highest BCUT2D eigenvalue weighted by molar-refractivity contribution is 5.83. The van der Waals surface area contributed by atoms with Crippen molar-refractivity contribution in [2.24, 2.45) is 0 Å². The largest absolute Gasteiger partial charge is 0.364 e. The van der Waals surface area contributed by atoms with Gasteiger partial charge in [0.2, 0.25) is 5.89 Å². The molecule has 0 aliphatic heterocycles. The normalized spacial score (nSPS) is 10.8. The first-order valence-corrected chi connectivity index (χ1v) is 5.87. The number of aryl methyl sites for hydroxylation is 1. The molecule has 0 unspecified atom stereocenters. The van der Waals surface area contributed by atoms with E-state index in [1.54, 1.807) is 13.0 Å². The molecule has 0 bridgehead atoms. The Morgan fingerprint density at radius 3 is 3.00 bits per heavy atom. The van der Waals surface area contributed by atoms with E-state index >= 15 is 0 Å². The number of fused-ring (bicyclic) bond motifs is 1. The Labute approximate surface area is 108 Å². The topological polar surface area (TPSA) is 83.8 Å². The molecule has 0 aliphatic rings. The molecule has 96 valence electrons. The fourth-order valence-corrected chi connectivity index (χ4v) is 1.89. The summed E-state index contributed by atoms with van der Waals surface area (Å²) in [6.07, 6.45) is 0. The van der Waals surface area contributed by atoms with Gasteiger partial charge >= 0.3 is 0 Å². The van der Waals surface area contributed by atoms with Crippen LogP contribution in [0.15, 0.2) is 39.6 Å². The molecular formula is C13H12N4O2. The van der Waals surface area contributed by atoms with Gasteiger partial charge in [-0.2, -0.15) is 4.98 Å². The lowest BCUT2D eigenvalue weighted by Crippen LogP contribution is -2.11. The van der Waals surface area contributed by atoms with Crippen LogP contribution in [0.25, 0.3) is 10.8 Å². The monoisotopic (exact) mass is 256 g/mol. The minimum absolute atomic E-state index is 0.120. The van der Waals surface area contributed by atoms with Gasteiger partial charge in [0, 0.05) is 12.3 Å². The molecule has 2 aromatic heterocycles. The van der Waals surface area contributed by atoms with Crippen molar-refractivity contribution in [2.75, 3.05) is 5.32 Å². The SMILES string of the molecule is Cc1nc(CNc2cc3ccccc3c(=O)[nH]2)no1. The molecule has 0 amide bonds. The van der Waals surface area contributed by atoms with Gasteiger partial charge in [-0.1, -0.05) is 23.4 Å². The van der Waals surface area contributed by atoms with E-state index in [-0.39, 0.29) is 5.56 Å². The van der Waals surface area contributed by atoms with Gasteiger partial charge in [-0.3, -0.25) is 4.79 Å². The average molecular weight is 256 g/mol. The van der Waals surface area contributed by atoms with Crippen molar-refractivity contribution in [3.63, 3.8) is 0 Å². The van der Waals surface area contributed by atoms with Crippen molar-refractivity contribution < 1.29 is 4.52 Å². The van der Waals surface area contributed by atoms with Crippen LogP contribution < -0.4 is 10.9 Å². The smallest absolute Gasteiger partial charge is 0.257 e. The molecule has 0 spiro atoms. The summed E-state index contributed by atoms with van der Waals surface area (Å²) in [4.78, 5) is 18.7. The zero-order chi connectivity index (χ0) is 13.2. The van der Waals surface area contributed by atoms with Gasteiger partial charge in [0.25, 0.3) is 5.56 Å². The molecular weight excluding hydrogens is 244 g/mol. The number of benzene rings is 1. The summed E-state index contributed by atoms with van der Waals surface area (Å²) in [5.41, 5.74) is -0.120. The second kappa shape index (κ2) is 4.56. The van der Waals surface area contributed by atoms with E-state index in [4.69, 9.17) is 4.52 Å². The van der Waals surface area contributed by atoms with Crippen LogP contribution in [-0.2, 0) is 6.54 Å². The molecule has 0 fully saturated rings. The third-order valence-electron chi connectivity index (χ3n) is 2.76. The second-order valence-corrected chi connectivity index (χ2v) is 4.18. The van der Waals surface area contributed by atoms with Gasteiger partial charge in [-0.05, 0) is 17.5 Å². The number of nitrogens with one attached hydrogen (secondary N) is 2. The van der Waals surface area contributed by atoms with Gasteiger partial charge in [0.1, 0.15) is 5.82 Å². The molecule has 3 rings (SSSR count). The summed E-state index contributed by atoms with van der Waals surface area (Å²) in [5.74, 6) is 1.70. The first kappa shape index (κ1) is 11.5. The van der Waals surface area contributed by atoms with Crippen molar-refractivity contribution in [1.82, 2.24) is 15.1 Å². The number of hydrogen-bond donors (Lipinski definition) is 2. The van der Waals surface area contributed by atoms with Crippen molar-refractivity contribution in [2.45, 2.75) is 13.5 Å². The molecule has 0 atom stereocenters. The summed E-state index contributed by atoms with van der Waals surface area (Å²) in [5, 5.41) is 8.40. The zero-order valence-electron chi connectivity index (χ0n) is 10.3. The number of rotatable bonds is 3. The molecule has 0 radical (unpaired) electrons. The van der Waals surface area contributed by atoms with E-state index in [0.717, 1.165) is 5.39 Å². The fourth-order valence-electron chi connectivity index (χ4n) is 1.89. The maximum Gasteiger partial charge on any atom is 0.257 e. The molecule has 0 saturated heterocycles. The standard InChI is InChI=1S/C13H12N4O2/c1-8-15-12(17-19-8)7-14-11-6-9-4-2-3-5-10(9)13(18)16-11/h2-6H,7H2,1H3,(H2,14,16,18). The minimum Gasteiger partial charge on any atom is -0.364 e. The first-order valence-electron chi connectivity index (χ1n) is 5.87. The lowest BCUT2D eigenvalue weighted by Gasteiger charge is -2.04. The zero-order valence-corrected chi connectivity index (χ0v) is 10.3. The Balaban J connectivity index is 1.87. The van der Waals surface area contributed by atoms with Crippen molar-refractivity contribution in [3.05, 3.63) is 52.4 Å². The maximum absolute atomic E-state index is 11.9. The van der Waals surface area contributed by atoms with Crippen molar-refractivity contribution in [1.29, 1.82) is 0 Å². The third kappa shape index (κ3) is 2.33. The third-order valence-corrected chi connectivity index (χ3v) is 2.76. The lowest BCUT2D eigenvalue weighted by molar-refractivity contribution is 0.388. The van der Waals surface area contributed by atoms with E-state index in [0.29, 0.717) is 29.5 Å². The van der Waals surface area contributed by atoms with E-state index in [9.17, 15) is 4.79 Å². The first-order chi connectivity index (χ1) is 9.22.